The summed E-state index contributed by atoms with van der Waals surface area (Å²) in [5, 5.41) is 11.2. The van der Waals surface area contributed by atoms with Gasteiger partial charge in [-0.3, -0.25) is 10.3 Å². The minimum atomic E-state index is -0.427. The Bertz CT molecular complexity index is 2740. The smallest absolute Gasteiger partial charge is 0.127 e. The molecule has 2 atom stereocenters. The molecule has 0 amide bonds. The summed E-state index contributed by atoms with van der Waals surface area (Å²) in [5.74, 6) is 0. The first-order valence-corrected chi connectivity index (χ1v) is 18.5. The van der Waals surface area contributed by atoms with Gasteiger partial charge in [-0.2, -0.15) is 0 Å². The zero-order chi connectivity index (χ0) is 36.3. The largest absolute Gasteiger partial charge is 0.312 e. The molecule has 0 aliphatic carbocycles. The molecule has 0 aliphatic heterocycles. The van der Waals surface area contributed by atoms with E-state index >= 15 is 0 Å². The van der Waals surface area contributed by atoms with Gasteiger partial charge in [0.1, 0.15) is 6.17 Å². The molecular formula is C51H39N3. The van der Waals surface area contributed by atoms with Crippen molar-refractivity contribution in [2.24, 2.45) is 10.7 Å². The first-order valence-electron chi connectivity index (χ1n) is 18.5. The third kappa shape index (κ3) is 6.59. The molecule has 0 bridgehead atoms. The summed E-state index contributed by atoms with van der Waals surface area (Å²) >= 11 is 0. The summed E-state index contributed by atoms with van der Waals surface area (Å²) in [6.07, 6.45) is 1.12. The number of fused-ring (bicyclic) bond motifs is 4. The van der Waals surface area contributed by atoms with Crippen molar-refractivity contribution in [1.29, 1.82) is 0 Å². The van der Waals surface area contributed by atoms with Crippen LogP contribution in [0, 0.1) is 0 Å². The number of nitrogens with one attached hydrogen (secondary N) is 1. The van der Waals surface area contributed by atoms with Crippen LogP contribution in [-0.4, -0.2) is 6.21 Å². The molecule has 9 aromatic rings. The maximum Gasteiger partial charge on any atom is 0.127 e. The van der Waals surface area contributed by atoms with Crippen molar-refractivity contribution < 1.29 is 0 Å². The van der Waals surface area contributed by atoms with Crippen LogP contribution in [0.3, 0.4) is 0 Å². The van der Waals surface area contributed by atoms with Gasteiger partial charge in [0.05, 0.1) is 6.17 Å². The van der Waals surface area contributed by atoms with E-state index in [1.165, 1.54) is 49.0 Å². The van der Waals surface area contributed by atoms with Crippen LogP contribution in [0.2, 0.25) is 0 Å². The van der Waals surface area contributed by atoms with Crippen LogP contribution in [0.5, 0.6) is 0 Å². The highest BCUT2D eigenvalue weighted by molar-refractivity contribution is 6.20. The van der Waals surface area contributed by atoms with Gasteiger partial charge in [-0.1, -0.05) is 188 Å². The van der Waals surface area contributed by atoms with Crippen LogP contribution in [0.4, 0.5) is 0 Å². The number of hydrogen-bond donors (Lipinski definition) is 2. The average molecular weight is 694 g/mol. The summed E-state index contributed by atoms with van der Waals surface area (Å²) in [5.41, 5.74) is 16.9. The van der Waals surface area contributed by atoms with Crippen LogP contribution in [-0.2, 0) is 0 Å². The normalized spacial score (nSPS) is 12.8. The number of nitrogens with two attached hydrogens (primary N) is 1. The lowest BCUT2D eigenvalue weighted by Crippen LogP contribution is -2.32. The van der Waals surface area contributed by atoms with E-state index in [1.54, 1.807) is 0 Å². The van der Waals surface area contributed by atoms with E-state index < -0.39 is 12.3 Å². The van der Waals surface area contributed by atoms with E-state index in [4.69, 9.17) is 10.7 Å². The number of nitrogens with zero attached hydrogens (tertiary/aromatic N) is 1. The molecule has 3 heteroatoms. The van der Waals surface area contributed by atoms with Crippen LogP contribution in [0.1, 0.15) is 29.0 Å². The van der Waals surface area contributed by atoms with Gasteiger partial charge in [0.15, 0.2) is 0 Å². The maximum atomic E-state index is 6.84. The molecule has 3 N–H and O–H groups in total. The van der Waals surface area contributed by atoms with Gasteiger partial charge in [-0.15, -0.1) is 0 Å². The Kier molecular flexibility index (Phi) is 9.08. The first kappa shape index (κ1) is 33.2. The van der Waals surface area contributed by atoms with E-state index in [-0.39, 0.29) is 0 Å². The van der Waals surface area contributed by atoms with Gasteiger partial charge in [-0.25, -0.2) is 0 Å². The van der Waals surface area contributed by atoms with Crippen molar-refractivity contribution in [3.05, 3.63) is 217 Å². The summed E-state index contributed by atoms with van der Waals surface area (Å²) in [6, 6.07) is 70.8. The molecular weight excluding hydrogens is 655 g/mol. The molecule has 0 aromatic heterocycles. The molecule has 0 heterocycles. The second kappa shape index (κ2) is 14.8. The van der Waals surface area contributed by atoms with E-state index in [0.717, 1.165) is 33.4 Å². The molecule has 2 unspecified atom stereocenters. The predicted octanol–water partition coefficient (Wildman–Crippen LogP) is 12.5. The molecule has 0 saturated heterocycles. The quantitative estimate of drug-likeness (QED) is 0.0684. The van der Waals surface area contributed by atoms with Crippen molar-refractivity contribution in [3.63, 3.8) is 0 Å². The molecule has 258 valence electrons. The van der Waals surface area contributed by atoms with Gasteiger partial charge < -0.3 is 5.73 Å². The maximum absolute atomic E-state index is 6.84. The summed E-state index contributed by atoms with van der Waals surface area (Å²) in [6.45, 7) is 0. The zero-order valence-corrected chi connectivity index (χ0v) is 29.8. The predicted molar refractivity (Wildman–Crippen MR) is 229 cm³/mol. The molecule has 3 nitrogen and oxygen atoms in total. The standard InChI is InChI=1S/C51H39N3/c52-50(40-19-8-3-9-20-40)54-51(46-31-29-41(36-14-4-1-5-15-36)32-47(46)37-16-6-2-7-17-37)53-34-35-24-26-39(27-25-35)49-44-23-13-11-21-42(44)33-48-43-22-12-10-18-38(43)28-30-45(48)49/h1-34,50-51,54H,52H2/b53-34+. The average Bonchev–Trinajstić information content (AvgIpc) is 3.25. The lowest BCUT2D eigenvalue weighted by atomic mass is 9.89. The topological polar surface area (TPSA) is 50.4 Å². The third-order valence-corrected chi connectivity index (χ3v) is 10.4. The fraction of sp³-hybridized carbons (Fsp3) is 0.0392. The molecule has 0 aliphatic rings. The number of rotatable bonds is 9. The van der Waals surface area contributed by atoms with Crippen LogP contribution in [0.15, 0.2) is 205 Å². The lowest BCUT2D eigenvalue weighted by Gasteiger charge is -2.24. The molecule has 9 aromatic carbocycles. The van der Waals surface area contributed by atoms with E-state index in [9.17, 15) is 0 Å². The highest BCUT2D eigenvalue weighted by atomic mass is 15.1. The van der Waals surface area contributed by atoms with Gasteiger partial charge in [0.2, 0.25) is 0 Å². The lowest BCUT2D eigenvalue weighted by molar-refractivity contribution is 0.468. The summed E-state index contributed by atoms with van der Waals surface area (Å²) in [4.78, 5) is 5.24. The molecule has 0 spiro atoms. The fourth-order valence-corrected chi connectivity index (χ4v) is 7.64. The van der Waals surface area contributed by atoms with Crippen molar-refractivity contribution in [2.45, 2.75) is 12.3 Å². The molecule has 9 rings (SSSR count). The van der Waals surface area contributed by atoms with Crippen molar-refractivity contribution in [2.75, 3.05) is 0 Å². The Morgan fingerprint density at radius 1 is 0.444 bits per heavy atom. The fourth-order valence-electron chi connectivity index (χ4n) is 7.64. The Morgan fingerprint density at radius 2 is 1.06 bits per heavy atom. The van der Waals surface area contributed by atoms with Crippen molar-refractivity contribution in [1.82, 2.24) is 5.32 Å². The Morgan fingerprint density at radius 3 is 1.80 bits per heavy atom. The second-order valence-electron chi connectivity index (χ2n) is 13.7. The third-order valence-electron chi connectivity index (χ3n) is 10.4. The minimum absolute atomic E-state index is 0.421. The van der Waals surface area contributed by atoms with Crippen LogP contribution in [0.25, 0.3) is 65.7 Å². The molecule has 0 fully saturated rings. The second-order valence-corrected chi connectivity index (χ2v) is 13.7. The number of hydrogen-bond acceptors (Lipinski definition) is 3. The van der Waals surface area contributed by atoms with Crippen LogP contribution >= 0.6 is 0 Å². The highest BCUT2D eigenvalue weighted by Gasteiger charge is 2.20. The number of benzene rings is 9. The Labute approximate surface area is 316 Å². The SMILES string of the molecule is NC(NC(/N=C/c1ccc(-c2c3ccccc3cc3c2ccc2ccccc23)cc1)c1ccc(-c2ccccc2)cc1-c1ccccc1)c1ccccc1. The molecule has 0 saturated carbocycles. The van der Waals surface area contributed by atoms with Crippen molar-refractivity contribution in [3.8, 4) is 33.4 Å². The minimum Gasteiger partial charge on any atom is -0.312 e. The van der Waals surface area contributed by atoms with E-state index in [1.807, 2.05) is 42.6 Å². The molecule has 0 radical (unpaired) electrons. The van der Waals surface area contributed by atoms with Crippen molar-refractivity contribution >= 4 is 38.5 Å². The Balaban J connectivity index is 1.12. The van der Waals surface area contributed by atoms with Gasteiger partial charge in [0.25, 0.3) is 0 Å². The van der Waals surface area contributed by atoms with Crippen LogP contribution < -0.4 is 11.1 Å². The Hall–Kier alpha value is -6.65. The summed E-state index contributed by atoms with van der Waals surface area (Å²) in [7, 11) is 0. The summed E-state index contributed by atoms with van der Waals surface area (Å²) < 4.78 is 0. The monoisotopic (exact) mass is 693 g/mol. The zero-order valence-electron chi connectivity index (χ0n) is 29.8. The van der Waals surface area contributed by atoms with Gasteiger partial charge in [0, 0.05) is 6.21 Å². The van der Waals surface area contributed by atoms with E-state index in [2.05, 4.69) is 169 Å². The van der Waals surface area contributed by atoms with E-state index in [0.29, 0.717) is 0 Å². The highest BCUT2D eigenvalue weighted by Crippen LogP contribution is 2.40. The number of aliphatic imine (C=N–C) groups is 1. The van der Waals surface area contributed by atoms with Gasteiger partial charge in [-0.05, 0) is 94.5 Å². The first-order chi connectivity index (χ1) is 26.7. The molecule has 54 heavy (non-hydrogen) atoms. The van der Waals surface area contributed by atoms with Gasteiger partial charge >= 0.3 is 0 Å².